The van der Waals surface area contributed by atoms with E-state index in [1.165, 1.54) is 0 Å². The molecule has 1 aromatic heterocycles. The lowest BCUT2D eigenvalue weighted by molar-refractivity contribution is 0.312. The van der Waals surface area contributed by atoms with E-state index in [1.54, 1.807) is 6.07 Å². The number of fused-ring (bicyclic) bond motifs is 4. The Morgan fingerprint density at radius 3 is 2.55 bits per heavy atom. The summed E-state index contributed by atoms with van der Waals surface area (Å²) >= 11 is 0. The Morgan fingerprint density at radius 1 is 0.968 bits per heavy atom. The average molecular weight is 414 g/mol. The molecule has 6 heteroatoms. The molecule has 156 valence electrons. The number of anilines is 1. The second-order valence-electron chi connectivity index (χ2n) is 8.53. The van der Waals surface area contributed by atoms with Gasteiger partial charge in [-0.05, 0) is 35.4 Å². The van der Waals surface area contributed by atoms with Crippen LogP contribution in [-0.2, 0) is 0 Å². The molecule has 0 bridgehead atoms. The summed E-state index contributed by atoms with van der Waals surface area (Å²) < 4.78 is 15.0. The van der Waals surface area contributed by atoms with Crippen LogP contribution >= 0.6 is 0 Å². The van der Waals surface area contributed by atoms with Gasteiger partial charge >= 0.3 is 0 Å². The Kier molecular flexibility index (Phi) is 4.13. The molecule has 6 rings (SSSR count). The van der Waals surface area contributed by atoms with E-state index in [4.69, 9.17) is 10.7 Å². The molecule has 0 unspecified atom stereocenters. The van der Waals surface area contributed by atoms with Crippen molar-refractivity contribution in [2.45, 2.75) is 6.04 Å². The maximum atomic E-state index is 15.0. The molecule has 0 spiro atoms. The van der Waals surface area contributed by atoms with Gasteiger partial charge in [-0.25, -0.2) is 9.37 Å². The number of hydrogen-bond donors (Lipinski definition) is 2. The molecule has 0 amide bonds. The number of imidazole rings is 1. The Balaban J connectivity index is 1.46. The summed E-state index contributed by atoms with van der Waals surface area (Å²) in [5.74, 6) is 0.520. The van der Waals surface area contributed by atoms with E-state index in [2.05, 4.69) is 46.1 Å². The van der Waals surface area contributed by atoms with E-state index in [9.17, 15) is 4.39 Å². The quantitative estimate of drug-likeness (QED) is 0.518. The predicted octanol–water partition coefficient (Wildman–Crippen LogP) is 4.15. The molecule has 4 aromatic rings. The van der Waals surface area contributed by atoms with Gasteiger partial charge in [-0.1, -0.05) is 42.5 Å². The van der Waals surface area contributed by atoms with Crippen molar-refractivity contribution in [3.63, 3.8) is 0 Å². The van der Waals surface area contributed by atoms with Crippen LogP contribution in [0.3, 0.4) is 0 Å². The van der Waals surface area contributed by atoms with Gasteiger partial charge in [-0.3, -0.25) is 0 Å². The van der Waals surface area contributed by atoms with Crippen LogP contribution in [0.5, 0.6) is 0 Å². The largest absolute Gasteiger partial charge is 0.367 e. The minimum absolute atomic E-state index is 0.142. The number of benzene rings is 3. The highest BCUT2D eigenvalue weighted by Gasteiger charge is 2.29. The first kappa shape index (κ1) is 18.5. The van der Waals surface area contributed by atoms with Crippen molar-refractivity contribution in [3.8, 4) is 22.5 Å². The highest BCUT2D eigenvalue weighted by Crippen LogP contribution is 2.46. The van der Waals surface area contributed by atoms with Crippen LogP contribution in [0, 0.1) is 5.82 Å². The molecule has 0 radical (unpaired) electrons. The molecule has 31 heavy (non-hydrogen) atoms. The summed E-state index contributed by atoms with van der Waals surface area (Å²) in [7, 11) is 2.10. The summed E-state index contributed by atoms with van der Waals surface area (Å²) in [5.41, 5.74) is 14.1. The molecule has 2 heterocycles. The first-order chi connectivity index (χ1) is 15.1. The fourth-order valence-electron chi connectivity index (χ4n) is 4.93. The lowest BCUT2D eigenvalue weighted by Gasteiger charge is -2.34. The number of rotatable bonds is 2. The van der Waals surface area contributed by atoms with Gasteiger partial charge in [0.25, 0.3) is 0 Å². The summed E-state index contributed by atoms with van der Waals surface area (Å²) in [6.45, 7) is 3.50. The number of nitrogens with zero attached hydrogens (tertiary/aromatic N) is 3. The van der Waals surface area contributed by atoms with Crippen molar-refractivity contribution in [1.82, 2.24) is 14.9 Å². The Hall–Kier alpha value is -3.22. The van der Waals surface area contributed by atoms with Gasteiger partial charge in [0.1, 0.15) is 11.6 Å². The number of likely N-dealkylation sites (N-methyl/N-ethyl adjacent to an activating group) is 1. The first-order valence-corrected chi connectivity index (χ1v) is 10.7. The van der Waals surface area contributed by atoms with Gasteiger partial charge in [0.15, 0.2) is 0 Å². The highest BCUT2D eigenvalue weighted by molar-refractivity contribution is 5.92. The molecule has 1 atom stereocenters. The SMILES string of the molecule is CN1CCN(c2cc3[nH]c(-c4cccc5c4-c4ccccc4[C@H]5N)nc3cc2F)CC1. The fraction of sp³-hybridized carbons (Fsp3) is 0.240. The number of halogens is 1. The van der Waals surface area contributed by atoms with Gasteiger partial charge in [0.2, 0.25) is 0 Å². The molecule has 0 saturated carbocycles. The second kappa shape index (κ2) is 6.90. The van der Waals surface area contributed by atoms with Crippen LogP contribution in [0.4, 0.5) is 10.1 Å². The van der Waals surface area contributed by atoms with Crippen molar-refractivity contribution < 1.29 is 4.39 Å². The standard InChI is InChI=1S/C25H24FN5/c1-30-9-11-31(12-10-30)22-14-21-20(13-19(22)26)28-25(29-21)18-8-4-7-17-23(18)15-5-2-3-6-16(15)24(17)27/h2-8,13-14,24H,9-12,27H2,1H3,(H,28,29)/t24-/m1/s1. The van der Waals surface area contributed by atoms with Crippen LogP contribution in [0.15, 0.2) is 54.6 Å². The van der Waals surface area contributed by atoms with Crippen molar-refractivity contribution in [2.75, 3.05) is 38.1 Å². The highest BCUT2D eigenvalue weighted by atomic mass is 19.1. The summed E-state index contributed by atoms with van der Waals surface area (Å²) in [5, 5.41) is 0. The molecular weight excluding hydrogens is 389 g/mol. The Morgan fingerprint density at radius 2 is 1.71 bits per heavy atom. The zero-order chi connectivity index (χ0) is 21.1. The smallest absolute Gasteiger partial charge is 0.148 e. The van der Waals surface area contributed by atoms with E-state index in [0.717, 1.165) is 65.3 Å². The van der Waals surface area contributed by atoms with Crippen LogP contribution < -0.4 is 10.6 Å². The molecule has 2 aliphatic rings. The van der Waals surface area contributed by atoms with Crippen LogP contribution in [0.2, 0.25) is 0 Å². The van der Waals surface area contributed by atoms with Crippen molar-refractivity contribution in [2.24, 2.45) is 5.73 Å². The van der Waals surface area contributed by atoms with E-state index >= 15 is 0 Å². The molecule has 1 aliphatic carbocycles. The minimum atomic E-state index is -0.222. The third-order valence-corrected chi connectivity index (χ3v) is 6.65. The van der Waals surface area contributed by atoms with Crippen LogP contribution in [0.1, 0.15) is 17.2 Å². The Bertz CT molecular complexity index is 1300. The Labute approximate surface area is 180 Å². The fourth-order valence-corrected chi connectivity index (χ4v) is 4.93. The molecule has 1 fully saturated rings. The number of nitrogens with one attached hydrogen (secondary N) is 1. The number of aromatic nitrogens is 2. The lowest BCUT2D eigenvalue weighted by Crippen LogP contribution is -2.44. The lowest BCUT2D eigenvalue weighted by atomic mass is 9.99. The predicted molar refractivity (Wildman–Crippen MR) is 123 cm³/mol. The maximum absolute atomic E-state index is 15.0. The molecular formula is C25H24FN5. The van der Waals surface area contributed by atoms with Crippen LogP contribution in [0.25, 0.3) is 33.5 Å². The molecule has 1 saturated heterocycles. The van der Waals surface area contributed by atoms with Crippen LogP contribution in [-0.4, -0.2) is 48.1 Å². The summed E-state index contributed by atoms with van der Waals surface area (Å²) in [6.07, 6.45) is 0. The monoisotopic (exact) mass is 413 g/mol. The van der Waals surface area contributed by atoms with Gasteiger partial charge < -0.3 is 20.5 Å². The number of H-pyrrole nitrogens is 1. The second-order valence-corrected chi connectivity index (χ2v) is 8.53. The van der Waals surface area contributed by atoms with Gasteiger partial charge in [0, 0.05) is 37.8 Å². The van der Waals surface area contributed by atoms with Gasteiger partial charge in [-0.2, -0.15) is 0 Å². The third-order valence-electron chi connectivity index (χ3n) is 6.65. The maximum Gasteiger partial charge on any atom is 0.148 e. The summed E-state index contributed by atoms with van der Waals surface area (Å²) in [4.78, 5) is 12.6. The van der Waals surface area contributed by atoms with E-state index in [-0.39, 0.29) is 11.9 Å². The topological polar surface area (TPSA) is 61.2 Å². The normalized spacial score (nSPS) is 18.4. The first-order valence-electron chi connectivity index (χ1n) is 10.7. The van der Waals surface area contributed by atoms with Crippen molar-refractivity contribution in [3.05, 3.63) is 71.5 Å². The number of hydrogen-bond acceptors (Lipinski definition) is 4. The number of piperazine rings is 1. The van der Waals surface area contributed by atoms with E-state index in [1.807, 2.05) is 24.3 Å². The zero-order valence-electron chi connectivity index (χ0n) is 17.4. The molecule has 3 aromatic carbocycles. The van der Waals surface area contributed by atoms with Crippen molar-refractivity contribution in [1.29, 1.82) is 0 Å². The van der Waals surface area contributed by atoms with Gasteiger partial charge in [0.05, 0.1) is 22.8 Å². The molecule has 1 aliphatic heterocycles. The summed E-state index contributed by atoms with van der Waals surface area (Å²) in [6, 6.07) is 17.7. The van der Waals surface area contributed by atoms with E-state index in [0.29, 0.717) is 11.2 Å². The average Bonchev–Trinajstić information content (AvgIpc) is 3.33. The minimum Gasteiger partial charge on any atom is -0.367 e. The third kappa shape index (κ3) is 2.86. The van der Waals surface area contributed by atoms with E-state index < -0.39 is 0 Å². The zero-order valence-corrected chi connectivity index (χ0v) is 17.4. The molecule has 5 nitrogen and oxygen atoms in total. The molecule has 3 N–H and O–H groups in total. The van der Waals surface area contributed by atoms with Crippen molar-refractivity contribution >= 4 is 16.7 Å². The van der Waals surface area contributed by atoms with Gasteiger partial charge in [-0.15, -0.1) is 0 Å². The number of aromatic amines is 1. The number of nitrogens with two attached hydrogens (primary N) is 1.